The van der Waals surface area contributed by atoms with E-state index in [-0.39, 0.29) is 13.0 Å². The van der Waals surface area contributed by atoms with Crippen LogP contribution < -0.4 is 0 Å². The normalized spacial score (nSPS) is 20.4. The number of methoxy groups -OCH3 is 1. The van der Waals surface area contributed by atoms with Crippen LogP contribution in [0.5, 0.6) is 0 Å². The summed E-state index contributed by atoms with van der Waals surface area (Å²) in [6.07, 6.45) is 1.22. The molecule has 3 rings (SSSR count). The van der Waals surface area contributed by atoms with Gasteiger partial charge in [-0.05, 0) is 40.4 Å². The van der Waals surface area contributed by atoms with Crippen LogP contribution in [-0.4, -0.2) is 56.4 Å². The summed E-state index contributed by atoms with van der Waals surface area (Å²) in [6, 6.07) is 15.4. The maximum absolute atomic E-state index is 12.8. The first kappa shape index (κ1) is 24.7. The first-order valence-electron chi connectivity index (χ1n) is 11.1. The number of rotatable bonds is 7. The Labute approximate surface area is 196 Å². The van der Waals surface area contributed by atoms with E-state index in [9.17, 15) is 14.7 Å². The first-order chi connectivity index (χ1) is 15.6. The maximum Gasteiger partial charge on any atom is 0.410 e. The molecule has 2 aromatic rings. The Morgan fingerprint density at radius 1 is 1.18 bits per heavy atom. The van der Waals surface area contributed by atoms with Crippen LogP contribution >= 0.6 is 0 Å². The van der Waals surface area contributed by atoms with Crippen molar-refractivity contribution in [1.29, 1.82) is 0 Å². The third kappa shape index (κ3) is 5.92. The Bertz CT molecular complexity index is 1030. The molecule has 1 saturated heterocycles. The lowest BCUT2D eigenvalue weighted by atomic mass is 9.89. The van der Waals surface area contributed by atoms with E-state index in [4.69, 9.17) is 9.47 Å². The average Bonchev–Trinajstić information content (AvgIpc) is 3.17. The lowest BCUT2D eigenvalue weighted by molar-refractivity contribution is -0.145. The van der Waals surface area contributed by atoms with Crippen LogP contribution in [0.1, 0.15) is 17.5 Å². The maximum atomic E-state index is 12.8. The Morgan fingerprint density at radius 2 is 1.85 bits per heavy atom. The number of hydrogen-bond donors (Lipinski definition) is 1. The van der Waals surface area contributed by atoms with Crippen molar-refractivity contribution in [2.75, 3.05) is 20.3 Å². The van der Waals surface area contributed by atoms with Crippen molar-refractivity contribution in [2.24, 2.45) is 0 Å². The van der Waals surface area contributed by atoms with Crippen LogP contribution in [0.3, 0.4) is 0 Å². The van der Waals surface area contributed by atoms with Crippen LogP contribution in [0, 0.1) is 0 Å². The molecule has 2 aromatic carbocycles. The van der Waals surface area contributed by atoms with Crippen molar-refractivity contribution < 1.29 is 24.2 Å². The average molecular weight is 468 g/mol. The number of nitrogens with zero attached hydrogens (tertiary/aromatic N) is 1. The second-order valence-corrected chi connectivity index (χ2v) is 15.4. The van der Waals surface area contributed by atoms with Gasteiger partial charge < -0.3 is 14.6 Å². The standard InChI is InChI=1S/C26H33NO5Si/c1-6-19-9-7-10-20(15-19)21-11-8-12-22(16-21)26(30)17-23(24(28)31-2)27(18-26)25(29)32-13-14-33(3,4)5/h6-12,15-16,23,30H,1,13-14,17-18H2,2-5H3/t23-,26-/m0/s1. The molecule has 176 valence electrons. The number of β-amino-alcohol motifs (C(OH)–C–C–N with tert-alkyl or cyclic N) is 1. The third-order valence-corrected chi connectivity index (χ3v) is 7.68. The van der Waals surface area contributed by atoms with Crippen LogP contribution in [0.4, 0.5) is 4.79 Å². The molecule has 33 heavy (non-hydrogen) atoms. The molecule has 7 heteroatoms. The number of carbonyl (C=O) groups excluding carboxylic acids is 2. The number of esters is 1. The SMILES string of the molecule is C=Cc1cccc(-c2cccc([C@]3(O)C[C@@H](C(=O)OC)N(C(=O)OCC[Si](C)(C)C)C3)c2)c1. The number of amides is 1. The molecule has 0 unspecified atom stereocenters. The monoisotopic (exact) mass is 467 g/mol. The van der Waals surface area contributed by atoms with E-state index in [1.807, 2.05) is 48.5 Å². The van der Waals surface area contributed by atoms with Crippen LogP contribution in [0.15, 0.2) is 55.1 Å². The van der Waals surface area contributed by atoms with Crippen LogP contribution in [-0.2, 0) is 19.9 Å². The van der Waals surface area contributed by atoms with E-state index in [0.29, 0.717) is 12.2 Å². The summed E-state index contributed by atoms with van der Waals surface area (Å²) in [5, 5.41) is 11.6. The molecule has 0 radical (unpaired) electrons. The van der Waals surface area contributed by atoms with E-state index >= 15 is 0 Å². The van der Waals surface area contributed by atoms with E-state index in [0.717, 1.165) is 22.7 Å². The molecule has 0 saturated carbocycles. The van der Waals surface area contributed by atoms with Crippen molar-refractivity contribution in [3.05, 3.63) is 66.2 Å². The largest absolute Gasteiger partial charge is 0.467 e. The minimum absolute atomic E-state index is 0.0406. The molecule has 1 aliphatic rings. The fourth-order valence-electron chi connectivity index (χ4n) is 3.99. The Hall–Kier alpha value is -2.90. The molecular formula is C26H33NO5Si. The van der Waals surface area contributed by atoms with Gasteiger partial charge in [-0.3, -0.25) is 4.90 Å². The summed E-state index contributed by atoms with van der Waals surface area (Å²) in [7, 11) is -0.0993. The van der Waals surface area contributed by atoms with Gasteiger partial charge in [0.15, 0.2) is 0 Å². The van der Waals surface area contributed by atoms with Crippen molar-refractivity contribution >= 4 is 26.2 Å². The molecule has 0 bridgehead atoms. The highest BCUT2D eigenvalue weighted by molar-refractivity contribution is 6.76. The first-order valence-corrected chi connectivity index (χ1v) is 14.8. The molecule has 1 heterocycles. The number of aliphatic hydroxyl groups is 1. The lowest BCUT2D eigenvalue weighted by Gasteiger charge is -2.25. The molecule has 0 spiro atoms. The van der Waals surface area contributed by atoms with E-state index in [1.54, 1.807) is 6.08 Å². The predicted molar refractivity (Wildman–Crippen MR) is 132 cm³/mol. The second kappa shape index (κ2) is 9.93. The minimum atomic E-state index is -1.40. The molecule has 6 nitrogen and oxygen atoms in total. The molecule has 2 atom stereocenters. The number of ether oxygens (including phenoxy) is 2. The topological polar surface area (TPSA) is 76.1 Å². The van der Waals surface area contributed by atoms with Gasteiger partial charge in [0.1, 0.15) is 11.6 Å². The van der Waals surface area contributed by atoms with Crippen LogP contribution in [0.2, 0.25) is 25.7 Å². The highest BCUT2D eigenvalue weighted by Gasteiger charge is 2.50. The fourth-order valence-corrected chi connectivity index (χ4v) is 4.71. The number of carbonyl (C=O) groups is 2. The summed E-state index contributed by atoms with van der Waals surface area (Å²) in [5.74, 6) is -0.567. The van der Waals surface area contributed by atoms with Gasteiger partial charge in [-0.2, -0.15) is 0 Å². The lowest BCUT2D eigenvalue weighted by Crippen LogP contribution is -2.42. The van der Waals surface area contributed by atoms with Gasteiger partial charge in [0, 0.05) is 14.5 Å². The van der Waals surface area contributed by atoms with Gasteiger partial charge in [0.25, 0.3) is 0 Å². The van der Waals surface area contributed by atoms with E-state index in [1.165, 1.54) is 12.0 Å². The van der Waals surface area contributed by atoms with Gasteiger partial charge in [-0.1, -0.05) is 68.7 Å². The molecule has 1 aliphatic heterocycles. The number of benzene rings is 2. The van der Waals surface area contributed by atoms with Crippen molar-refractivity contribution in [3.63, 3.8) is 0 Å². The molecule has 0 aliphatic carbocycles. The number of hydrogen-bond acceptors (Lipinski definition) is 5. The smallest absolute Gasteiger partial charge is 0.410 e. The zero-order chi connectivity index (χ0) is 24.2. The summed E-state index contributed by atoms with van der Waals surface area (Å²) in [6.45, 7) is 10.7. The highest BCUT2D eigenvalue weighted by atomic mass is 28.3. The molecule has 1 amide bonds. The molecule has 1 N–H and O–H groups in total. The van der Waals surface area contributed by atoms with Gasteiger partial charge >= 0.3 is 12.1 Å². The Morgan fingerprint density at radius 3 is 2.48 bits per heavy atom. The summed E-state index contributed by atoms with van der Waals surface area (Å²) in [4.78, 5) is 26.6. The van der Waals surface area contributed by atoms with Gasteiger partial charge in [-0.25, -0.2) is 9.59 Å². The minimum Gasteiger partial charge on any atom is -0.467 e. The number of likely N-dealkylation sites (tertiary alicyclic amines) is 1. The molecular weight excluding hydrogens is 434 g/mol. The van der Waals surface area contributed by atoms with Crippen molar-refractivity contribution in [1.82, 2.24) is 4.90 Å². The summed E-state index contributed by atoms with van der Waals surface area (Å²) >= 11 is 0. The van der Waals surface area contributed by atoms with E-state index in [2.05, 4.69) is 26.2 Å². The van der Waals surface area contributed by atoms with Crippen LogP contribution in [0.25, 0.3) is 17.2 Å². The van der Waals surface area contributed by atoms with E-state index < -0.39 is 31.8 Å². The van der Waals surface area contributed by atoms with Gasteiger partial charge in [-0.15, -0.1) is 0 Å². The Kier molecular flexibility index (Phi) is 7.44. The quantitative estimate of drug-likeness (QED) is 0.463. The van der Waals surface area contributed by atoms with Crippen molar-refractivity contribution in [2.45, 2.75) is 43.7 Å². The zero-order valence-electron chi connectivity index (χ0n) is 19.8. The zero-order valence-corrected chi connectivity index (χ0v) is 20.8. The predicted octanol–water partition coefficient (Wildman–Crippen LogP) is 4.91. The summed E-state index contributed by atoms with van der Waals surface area (Å²) in [5.41, 5.74) is 2.15. The molecule has 0 aromatic heterocycles. The highest BCUT2D eigenvalue weighted by Crippen LogP contribution is 2.38. The third-order valence-electron chi connectivity index (χ3n) is 5.98. The molecule has 1 fully saturated rings. The van der Waals surface area contributed by atoms with Gasteiger partial charge in [0.2, 0.25) is 0 Å². The second-order valence-electron chi connectivity index (χ2n) is 9.74. The Balaban J connectivity index is 1.86. The summed E-state index contributed by atoms with van der Waals surface area (Å²) < 4.78 is 10.4. The van der Waals surface area contributed by atoms with Gasteiger partial charge in [0.05, 0.1) is 20.3 Å². The van der Waals surface area contributed by atoms with Crippen molar-refractivity contribution in [3.8, 4) is 11.1 Å². The fraction of sp³-hybridized carbons (Fsp3) is 0.385.